The first-order chi connectivity index (χ1) is 9.16. The second-order valence-electron chi connectivity index (χ2n) is 4.70. The third kappa shape index (κ3) is 3.71. The van der Waals surface area contributed by atoms with E-state index in [2.05, 4.69) is 11.0 Å². The number of nitrogens with zero attached hydrogens (tertiary/aromatic N) is 1. The molecule has 0 bridgehead atoms. The molecule has 2 rings (SSSR count). The van der Waals surface area contributed by atoms with Gasteiger partial charge in [0.1, 0.15) is 5.82 Å². The summed E-state index contributed by atoms with van der Waals surface area (Å²) in [5.41, 5.74) is 8.83. The van der Waals surface area contributed by atoms with Gasteiger partial charge in [-0.25, -0.2) is 4.39 Å². The maximum absolute atomic E-state index is 13.1. The van der Waals surface area contributed by atoms with E-state index in [0.717, 1.165) is 30.8 Å². The van der Waals surface area contributed by atoms with Crippen molar-refractivity contribution in [3.8, 4) is 0 Å². The van der Waals surface area contributed by atoms with E-state index in [9.17, 15) is 4.39 Å². The van der Waals surface area contributed by atoms with Crippen LogP contribution in [0.4, 0.5) is 15.8 Å². The van der Waals surface area contributed by atoms with Gasteiger partial charge in [-0.3, -0.25) is 0 Å². The molecule has 2 N–H and O–H groups in total. The third-order valence-electron chi connectivity index (χ3n) is 3.24. The third-order valence-corrected chi connectivity index (χ3v) is 3.24. The van der Waals surface area contributed by atoms with Gasteiger partial charge in [0, 0.05) is 25.0 Å². The lowest BCUT2D eigenvalue weighted by Gasteiger charge is -2.19. The Balaban J connectivity index is 1.88. The van der Waals surface area contributed by atoms with E-state index in [1.54, 1.807) is 12.1 Å². The van der Waals surface area contributed by atoms with Gasteiger partial charge in [0.2, 0.25) is 0 Å². The zero-order valence-corrected chi connectivity index (χ0v) is 11.1. The summed E-state index contributed by atoms with van der Waals surface area (Å²) in [6, 6.07) is 14.6. The van der Waals surface area contributed by atoms with Crippen molar-refractivity contribution in [3.05, 3.63) is 59.9 Å². The van der Waals surface area contributed by atoms with Crippen LogP contribution in [0.3, 0.4) is 0 Å². The Kier molecular flexibility index (Phi) is 4.39. The zero-order chi connectivity index (χ0) is 13.7. The summed E-state index contributed by atoms with van der Waals surface area (Å²) in [7, 11) is 1.98. The summed E-state index contributed by atoms with van der Waals surface area (Å²) < 4.78 is 13.1. The van der Waals surface area contributed by atoms with Crippen LogP contribution in [-0.2, 0) is 6.42 Å². The van der Waals surface area contributed by atoms with Crippen molar-refractivity contribution in [2.45, 2.75) is 12.8 Å². The molecule has 100 valence electrons. The normalized spacial score (nSPS) is 10.4. The van der Waals surface area contributed by atoms with Gasteiger partial charge < -0.3 is 10.6 Å². The van der Waals surface area contributed by atoms with Crippen molar-refractivity contribution in [2.75, 3.05) is 24.2 Å². The standard InChI is InChI=1S/C16H19FN2/c1-19(15-9-4-8-14(17)12-15)11-5-7-13-6-2-3-10-16(13)18/h2-4,6,8-10,12H,5,7,11,18H2,1H3. The molecule has 0 amide bonds. The number of aryl methyl sites for hydroxylation is 1. The minimum Gasteiger partial charge on any atom is -0.399 e. The first kappa shape index (κ1) is 13.4. The molecule has 0 aliphatic carbocycles. The predicted molar refractivity (Wildman–Crippen MR) is 78.8 cm³/mol. The maximum atomic E-state index is 13.1. The molecule has 0 spiro atoms. The van der Waals surface area contributed by atoms with E-state index in [1.165, 1.54) is 11.6 Å². The number of benzene rings is 2. The van der Waals surface area contributed by atoms with Crippen LogP contribution in [0.1, 0.15) is 12.0 Å². The summed E-state index contributed by atoms with van der Waals surface area (Å²) in [5.74, 6) is -0.198. The number of nitrogen functional groups attached to an aromatic ring is 1. The van der Waals surface area contributed by atoms with Crippen LogP contribution >= 0.6 is 0 Å². The highest BCUT2D eigenvalue weighted by atomic mass is 19.1. The van der Waals surface area contributed by atoms with E-state index >= 15 is 0 Å². The Morgan fingerprint density at radius 3 is 2.63 bits per heavy atom. The van der Waals surface area contributed by atoms with Gasteiger partial charge in [0.15, 0.2) is 0 Å². The molecule has 0 saturated heterocycles. The quantitative estimate of drug-likeness (QED) is 0.832. The first-order valence-electron chi connectivity index (χ1n) is 6.47. The highest BCUT2D eigenvalue weighted by molar-refractivity contribution is 5.47. The number of rotatable bonds is 5. The lowest BCUT2D eigenvalue weighted by molar-refractivity contribution is 0.627. The number of hydrogen-bond donors (Lipinski definition) is 1. The van der Waals surface area contributed by atoms with E-state index < -0.39 is 0 Å². The SMILES string of the molecule is CN(CCCc1ccccc1N)c1cccc(F)c1. The predicted octanol–water partition coefficient (Wildman–Crippen LogP) is 3.48. The van der Waals surface area contributed by atoms with Gasteiger partial charge in [0.05, 0.1) is 0 Å². The lowest BCUT2D eigenvalue weighted by Crippen LogP contribution is -2.19. The Hall–Kier alpha value is -2.03. The molecule has 0 aromatic heterocycles. The number of halogens is 1. The molecular weight excluding hydrogens is 239 g/mol. The minimum absolute atomic E-state index is 0.198. The van der Waals surface area contributed by atoms with Crippen LogP contribution in [0.5, 0.6) is 0 Å². The van der Waals surface area contributed by atoms with Gasteiger partial charge in [0.25, 0.3) is 0 Å². The van der Waals surface area contributed by atoms with Crippen molar-refractivity contribution in [1.82, 2.24) is 0 Å². The minimum atomic E-state index is -0.198. The van der Waals surface area contributed by atoms with E-state index in [4.69, 9.17) is 5.73 Å². The average Bonchev–Trinajstić information content (AvgIpc) is 2.41. The molecule has 19 heavy (non-hydrogen) atoms. The number of hydrogen-bond acceptors (Lipinski definition) is 2. The molecule has 0 heterocycles. The second-order valence-corrected chi connectivity index (χ2v) is 4.70. The van der Waals surface area contributed by atoms with Crippen molar-refractivity contribution in [3.63, 3.8) is 0 Å². The maximum Gasteiger partial charge on any atom is 0.125 e. The van der Waals surface area contributed by atoms with Crippen LogP contribution < -0.4 is 10.6 Å². The van der Waals surface area contributed by atoms with E-state index in [0.29, 0.717) is 0 Å². The number of para-hydroxylation sites is 1. The van der Waals surface area contributed by atoms with Gasteiger partial charge in [-0.2, -0.15) is 0 Å². The van der Waals surface area contributed by atoms with Gasteiger partial charge in [-0.1, -0.05) is 24.3 Å². The number of anilines is 2. The van der Waals surface area contributed by atoms with Crippen LogP contribution in [0.2, 0.25) is 0 Å². The first-order valence-corrected chi connectivity index (χ1v) is 6.47. The van der Waals surface area contributed by atoms with Crippen LogP contribution in [0.25, 0.3) is 0 Å². The van der Waals surface area contributed by atoms with E-state index in [1.807, 2.05) is 31.3 Å². The molecule has 0 unspecified atom stereocenters. The second kappa shape index (κ2) is 6.23. The summed E-state index contributed by atoms with van der Waals surface area (Å²) >= 11 is 0. The molecule has 0 radical (unpaired) electrons. The smallest absolute Gasteiger partial charge is 0.125 e. The molecule has 3 heteroatoms. The highest BCUT2D eigenvalue weighted by Crippen LogP contribution is 2.16. The Morgan fingerprint density at radius 1 is 1.11 bits per heavy atom. The molecule has 2 aromatic carbocycles. The lowest BCUT2D eigenvalue weighted by atomic mass is 10.1. The molecule has 0 aliphatic rings. The fourth-order valence-electron chi connectivity index (χ4n) is 2.11. The van der Waals surface area contributed by atoms with Crippen LogP contribution in [0, 0.1) is 5.82 Å². The molecular formula is C16H19FN2. The topological polar surface area (TPSA) is 29.3 Å². The Morgan fingerprint density at radius 2 is 1.89 bits per heavy atom. The van der Waals surface area contributed by atoms with E-state index in [-0.39, 0.29) is 5.82 Å². The molecule has 0 saturated carbocycles. The highest BCUT2D eigenvalue weighted by Gasteiger charge is 2.03. The largest absolute Gasteiger partial charge is 0.399 e. The summed E-state index contributed by atoms with van der Waals surface area (Å²) in [5, 5.41) is 0. The fourth-order valence-corrected chi connectivity index (χ4v) is 2.11. The summed E-state index contributed by atoms with van der Waals surface area (Å²) in [4.78, 5) is 2.06. The zero-order valence-electron chi connectivity index (χ0n) is 11.1. The molecule has 2 nitrogen and oxygen atoms in total. The van der Waals surface area contributed by atoms with Crippen molar-refractivity contribution in [1.29, 1.82) is 0 Å². The van der Waals surface area contributed by atoms with Gasteiger partial charge >= 0.3 is 0 Å². The van der Waals surface area contributed by atoms with Crippen molar-refractivity contribution < 1.29 is 4.39 Å². The van der Waals surface area contributed by atoms with Crippen molar-refractivity contribution >= 4 is 11.4 Å². The van der Waals surface area contributed by atoms with Gasteiger partial charge in [-0.15, -0.1) is 0 Å². The monoisotopic (exact) mass is 258 g/mol. The van der Waals surface area contributed by atoms with Gasteiger partial charge in [-0.05, 0) is 42.7 Å². The molecule has 2 aromatic rings. The average molecular weight is 258 g/mol. The van der Waals surface area contributed by atoms with Crippen molar-refractivity contribution in [2.24, 2.45) is 0 Å². The number of nitrogens with two attached hydrogens (primary N) is 1. The Bertz CT molecular complexity index is 540. The Labute approximate surface area is 113 Å². The van der Waals surface area contributed by atoms with Crippen LogP contribution in [-0.4, -0.2) is 13.6 Å². The molecule has 0 fully saturated rings. The summed E-state index contributed by atoms with van der Waals surface area (Å²) in [6.07, 6.45) is 1.92. The summed E-state index contributed by atoms with van der Waals surface area (Å²) in [6.45, 7) is 0.873. The fraction of sp³-hybridized carbons (Fsp3) is 0.250. The molecule has 0 aliphatic heterocycles. The van der Waals surface area contributed by atoms with Crippen LogP contribution in [0.15, 0.2) is 48.5 Å². The molecule has 0 atom stereocenters.